The fraction of sp³-hybridized carbons (Fsp3) is 0.583. The van der Waals surface area contributed by atoms with Crippen LogP contribution in [0.15, 0.2) is 29.3 Å². The van der Waals surface area contributed by atoms with Crippen LogP contribution in [0.3, 0.4) is 0 Å². The van der Waals surface area contributed by atoms with Crippen LogP contribution in [-0.4, -0.2) is 48.4 Å². The molecule has 1 aliphatic rings. The predicted octanol–water partition coefficient (Wildman–Crippen LogP) is 3.96. The zero-order chi connectivity index (χ0) is 24.1. The summed E-state index contributed by atoms with van der Waals surface area (Å²) in [6.45, 7) is 11.2. The van der Waals surface area contributed by atoms with Crippen molar-refractivity contribution in [1.82, 2.24) is 10.6 Å². The number of carbonyl (C=O) groups is 3. The molecular weight excluding hydrogens is 408 g/mol. The van der Waals surface area contributed by atoms with Crippen LogP contribution in [0.4, 0.5) is 16.2 Å². The molecule has 1 aliphatic heterocycles. The van der Waals surface area contributed by atoms with Crippen LogP contribution in [0, 0.1) is 5.92 Å². The second-order valence-electron chi connectivity index (χ2n) is 9.36. The molecule has 2 rings (SSSR count). The van der Waals surface area contributed by atoms with Gasteiger partial charge in [0.25, 0.3) is 5.91 Å². The minimum absolute atomic E-state index is 0.0725. The number of nitrogens with one attached hydrogen (secondary N) is 2. The predicted molar refractivity (Wildman–Crippen MR) is 126 cm³/mol. The van der Waals surface area contributed by atoms with Gasteiger partial charge in [0.2, 0.25) is 5.91 Å². The summed E-state index contributed by atoms with van der Waals surface area (Å²) in [6, 6.07) is 5.64. The van der Waals surface area contributed by atoms with Gasteiger partial charge >= 0.3 is 6.09 Å². The normalized spacial score (nSPS) is 17.2. The van der Waals surface area contributed by atoms with Gasteiger partial charge in [-0.2, -0.15) is 0 Å². The van der Waals surface area contributed by atoms with Crippen molar-refractivity contribution >= 4 is 35.0 Å². The van der Waals surface area contributed by atoms with Crippen LogP contribution in [0.1, 0.15) is 60.8 Å². The molecule has 0 radical (unpaired) electrons. The van der Waals surface area contributed by atoms with Gasteiger partial charge in [-0.3, -0.25) is 14.6 Å². The van der Waals surface area contributed by atoms with Crippen molar-refractivity contribution in [1.29, 1.82) is 0 Å². The van der Waals surface area contributed by atoms with E-state index in [4.69, 9.17) is 9.73 Å². The Labute approximate surface area is 190 Å². The molecule has 8 nitrogen and oxygen atoms in total. The average molecular weight is 445 g/mol. The number of rotatable bonds is 7. The van der Waals surface area contributed by atoms with E-state index in [0.717, 1.165) is 12.8 Å². The number of likely N-dealkylation sites (N-methyl/N-ethyl adjacent to an activating group) is 1. The number of ether oxygens (including phenoxy) is 1. The molecule has 0 aliphatic carbocycles. The highest BCUT2D eigenvalue weighted by Gasteiger charge is 2.36. The molecular formula is C24H36N4O4. The minimum Gasteiger partial charge on any atom is -0.444 e. The fourth-order valence-corrected chi connectivity index (χ4v) is 3.45. The Bertz CT molecular complexity index is 873. The van der Waals surface area contributed by atoms with Crippen molar-refractivity contribution in [3.8, 4) is 0 Å². The Morgan fingerprint density at radius 3 is 2.47 bits per heavy atom. The molecule has 3 amide bonds. The van der Waals surface area contributed by atoms with Gasteiger partial charge in [0.05, 0.1) is 17.1 Å². The number of aliphatic imine (C=N–C) groups is 1. The lowest BCUT2D eigenvalue weighted by atomic mass is 9.98. The second kappa shape index (κ2) is 10.6. The van der Waals surface area contributed by atoms with Gasteiger partial charge < -0.3 is 20.3 Å². The maximum Gasteiger partial charge on any atom is 0.408 e. The van der Waals surface area contributed by atoms with Crippen LogP contribution in [-0.2, 0) is 14.3 Å². The highest BCUT2D eigenvalue weighted by atomic mass is 16.6. The smallest absolute Gasteiger partial charge is 0.408 e. The molecule has 2 N–H and O–H groups in total. The first kappa shape index (κ1) is 25.4. The van der Waals surface area contributed by atoms with Crippen LogP contribution >= 0.6 is 0 Å². The van der Waals surface area contributed by atoms with E-state index in [1.165, 1.54) is 4.90 Å². The lowest BCUT2D eigenvalue weighted by Gasteiger charge is -2.27. The van der Waals surface area contributed by atoms with Gasteiger partial charge in [-0.15, -0.1) is 0 Å². The Morgan fingerprint density at radius 2 is 1.88 bits per heavy atom. The van der Waals surface area contributed by atoms with E-state index in [-0.39, 0.29) is 11.8 Å². The summed E-state index contributed by atoms with van der Waals surface area (Å²) < 4.78 is 5.32. The Hall–Kier alpha value is -2.90. The number of amides is 3. The zero-order valence-electron chi connectivity index (χ0n) is 20.2. The van der Waals surface area contributed by atoms with Crippen molar-refractivity contribution < 1.29 is 19.1 Å². The summed E-state index contributed by atoms with van der Waals surface area (Å²) in [5.41, 5.74) is 1.26. The number of anilines is 1. The van der Waals surface area contributed by atoms with E-state index >= 15 is 0 Å². The summed E-state index contributed by atoms with van der Waals surface area (Å²) in [5, 5.41) is 5.51. The lowest BCUT2D eigenvalue weighted by Crippen LogP contribution is -2.57. The summed E-state index contributed by atoms with van der Waals surface area (Å²) in [7, 11) is 1.67. The molecule has 2 atom stereocenters. The Balaban J connectivity index is 2.30. The molecule has 0 saturated carbocycles. The van der Waals surface area contributed by atoms with Gasteiger partial charge in [0, 0.05) is 7.05 Å². The monoisotopic (exact) mass is 444 g/mol. The molecule has 8 heteroatoms. The molecule has 1 aromatic carbocycles. The number of fused-ring (bicyclic) bond motifs is 1. The average Bonchev–Trinajstić information content (AvgIpc) is 2.80. The van der Waals surface area contributed by atoms with E-state index in [1.54, 1.807) is 27.8 Å². The fourth-order valence-electron chi connectivity index (χ4n) is 3.45. The van der Waals surface area contributed by atoms with E-state index in [0.29, 0.717) is 23.5 Å². The van der Waals surface area contributed by atoms with Crippen molar-refractivity contribution in [2.75, 3.05) is 11.9 Å². The first-order valence-electron chi connectivity index (χ1n) is 11.2. The van der Waals surface area contributed by atoms with E-state index < -0.39 is 29.7 Å². The number of hydrogen-bond donors (Lipinski definition) is 2. The maximum atomic E-state index is 13.3. The van der Waals surface area contributed by atoms with Crippen molar-refractivity contribution in [3.63, 3.8) is 0 Å². The first-order valence-corrected chi connectivity index (χ1v) is 11.2. The van der Waals surface area contributed by atoms with Gasteiger partial charge in [-0.1, -0.05) is 45.7 Å². The maximum absolute atomic E-state index is 13.3. The molecule has 1 heterocycles. The highest BCUT2D eigenvalue weighted by molar-refractivity contribution is 6.19. The summed E-state index contributed by atoms with van der Waals surface area (Å²) >= 11 is 0. The highest BCUT2D eigenvalue weighted by Crippen LogP contribution is 2.32. The Kier molecular flexibility index (Phi) is 8.41. The molecule has 1 unspecified atom stereocenters. The second-order valence-corrected chi connectivity index (χ2v) is 9.36. The van der Waals surface area contributed by atoms with Crippen molar-refractivity contribution in [2.24, 2.45) is 10.9 Å². The molecule has 32 heavy (non-hydrogen) atoms. The minimum atomic E-state index is -0.926. The number of unbranched alkanes of at least 4 members (excludes halogenated alkanes) is 1. The molecule has 0 fully saturated rings. The number of hydrogen-bond acceptors (Lipinski definition) is 5. The number of alkyl carbamates (subject to hydrolysis) is 1. The standard InChI is InChI=1S/C24H36N4O4/c1-8-9-12-17(26-23(31)32-24(4,5)6)21(29)27-20-19(15(2)3)25-16-13-10-11-14-18(16)28(7)22(20)30/h10-11,13-15,17,20H,8-9,12H2,1-7H3,(H,26,31)(H,27,29)/t17-,20?/m0/s1. The van der Waals surface area contributed by atoms with Crippen molar-refractivity contribution in [3.05, 3.63) is 24.3 Å². The molecule has 176 valence electrons. The lowest BCUT2D eigenvalue weighted by molar-refractivity contribution is -0.127. The van der Waals surface area contributed by atoms with Gasteiger partial charge in [0.1, 0.15) is 17.7 Å². The molecule has 0 bridgehead atoms. The van der Waals surface area contributed by atoms with E-state index in [2.05, 4.69) is 10.6 Å². The van der Waals surface area contributed by atoms with E-state index in [1.807, 2.05) is 45.0 Å². The Morgan fingerprint density at radius 1 is 1.22 bits per heavy atom. The van der Waals surface area contributed by atoms with Crippen LogP contribution in [0.2, 0.25) is 0 Å². The third-order valence-corrected chi connectivity index (χ3v) is 5.10. The van der Waals surface area contributed by atoms with Gasteiger partial charge in [-0.05, 0) is 45.2 Å². The molecule has 0 aromatic heterocycles. The summed E-state index contributed by atoms with van der Waals surface area (Å²) in [5.74, 6) is -0.783. The van der Waals surface area contributed by atoms with Crippen LogP contribution in [0.25, 0.3) is 0 Å². The summed E-state index contributed by atoms with van der Waals surface area (Å²) in [4.78, 5) is 45.1. The third kappa shape index (κ3) is 6.55. The molecule has 1 aromatic rings. The number of carbonyl (C=O) groups excluding carboxylic acids is 3. The number of nitrogens with zero attached hydrogens (tertiary/aromatic N) is 2. The largest absolute Gasteiger partial charge is 0.444 e. The van der Waals surface area contributed by atoms with E-state index in [9.17, 15) is 14.4 Å². The quantitative estimate of drug-likeness (QED) is 0.665. The van der Waals surface area contributed by atoms with Crippen LogP contribution in [0.5, 0.6) is 0 Å². The van der Waals surface area contributed by atoms with Gasteiger partial charge in [-0.25, -0.2) is 4.79 Å². The summed E-state index contributed by atoms with van der Waals surface area (Å²) in [6.07, 6.45) is 1.37. The van der Waals surface area contributed by atoms with Crippen LogP contribution < -0.4 is 15.5 Å². The third-order valence-electron chi connectivity index (χ3n) is 5.10. The van der Waals surface area contributed by atoms with Crippen molar-refractivity contribution in [2.45, 2.75) is 78.5 Å². The topological polar surface area (TPSA) is 100 Å². The SMILES string of the molecule is CCCC[C@H](NC(=O)OC(C)(C)C)C(=O)NC1C(=O)N(C)c2ccccc2N=C1C(C)C. The molecule has 0 saturated heterocycles. The number of benzene rings is 1. The molecule has 0 spiro atoms. The van der Waals surface area contributed by atoms with Gasteiger partial charge in [0.15, 0.2) is 0 Å². The number of para-hydroxylation sites is 2. The zero-order valence-corrected chi connectivity index (χ0v) is 20.2. The first-order chi connectivity index (χ1) is 14.9.